The van der Waals surface area contributed by atoms with Crippen molar-refractivity contribution < 1.29 is 19.1 Å². The Morgan fingerprint density at radius 1 is 1.36 bits per heavy atom. The first-order valence-electron chi connectivity index (χ1n) is 4.78. The maximum atomic E-state index is 10.4. The first kappa shape index (κ1) is 13.4. The van der Waals surface area contributed by atoms with Crippen LogP contribution in [0.1, 0.15) is 20.8 Å². The third-order valence-electron chi connectivity index (χ3n) is 1.79. The molecule has 14 heavy (non-hydrogen) atoms. The number of hydrogen-bond acceptors (Lipinski definition) is 3. The standard InChI is InChI=1S/C10H21NO3/c1-10(2,3)14-7-6-11(4,5)8-9(12)13/h6-8H2,1-5H3. The number of carbonyl (C=O) groups excluding carboxylic acids is 1. The summed E-state index contributed by atoms with van der Waals surface area (Å²) in [6.07, 6.45) is 0. The van der Waals surface area contributed by atoms with Gasteiger partial charge in [-0.25, -0.2) is 0 Å². The second-order valence-electron chi connectivity index (χ2n) is 5.15. The van der Waals surface area contributed by atoms with E-state index in [2.05, 4.69) is 0 Å². The predicted octanol–water partition coefficient (Wildman–Crippen LogP) is -0.372. The van der Waals surface area contributed by atoms with Crippen LogP contribution in [0, 0.1) is 0 Å². The van der Waals surface area contributed by atoms with Gasteiger partial charge < -0.3 is 19.1 Å². The number of carboxylic acid groups (broad SMARTS) is 1. The Kier molecular flexibility index (Phi) is 4.55. The Labute approximate surface area is 86.1 Å². The lowest BCUT2D eigenvalue weighted by molar-refractivity contribution is -0.885. The summed E-state index contributed by atoms with van der Waals surface area (Å²) in [5.41, 5.74) is -0.165. The van der Waals surface area contributed by atoms with Crippen LogP contribution in [0.2, 0.25) is 0 Å². The molecular formula is C10H21NO3. The molecule has 0 aliphatic rings. The molecule has 0 amide bonds. The van der Waals surface area contributed by atoms with Crippen LogP contribution in [-0.2, 0) is 9.53 Å². The average Bonchev–Trinajstić information content (AvgIpc) is 1.78. The van der Waals surface area contributed by atoms with Crippen molar-refractivity contribution in [1.82, 2.24) is 0 Å². The highest BCUT2D eigenvalue weighted by Gasteiger charge is 2.17. The fraction of sp³-hybridized carbons (Fsp3) is 0.900. The average molecular weight is 203 g/mol. The van der Waals surface area contributed by atoms with Crippen molar-refractivity contribution >= 4 is 5.97 Å². The van der Waals surface area contributed by atoms with Crippen LogP contribution in [0.4, 0.5) is 0 Å². The minimum absolute atomic E-state index is 0.0213. The van der Waals surface area contributed by atoms with E-state index in [1.54, 1.807) is 0 Å². The first-order valence-corrected chi connectivity index (χ1v) is 4.78. The number of rotatable bonds is 5. The van der Waals surface area contributed by atoms with Crippen LogP contribution in [0.25, 0.3) is 0 Å². The molecular weight excluding hydrogens is 182 g/mol. The van der Waals surface area contributed by atoms with Crippen molar-refractivity contribution in [1.29, 1.82) is 0 Å². The number of aliphatic carboxylic acids is 1. The molecule has 0 rings (SSSR count). The van der Waals surface area contributed by atoms with Crippen molar-refractivity contribution in [3.05, 3.63) is 0 Å². The maximum absolute atomic E-state index is 10.4. The number of likely N-dealkylation sites (N-methyl/N-ethyl adjacent to an activating group) is 1. The number of quaternary nitrogens is 1. The SMILES string of the molecule is CC(C)(C)OCC[N+](C)(C)CC(=O)[O-]. The zero-order valence-electron chi connectivity index (χ0n) is 9.79. The van der Waals surface area contributed by atoms with E-state index in [0.29, 0.717) is 17.6 Å². The summed E-state index contributed by atoms with van der Waals surface area (Å²) in [5, 5.41) is 10.4. The van der Waals surface area contributed by atoms with Crippen molar-refractivity contribution in [3.63, 3.8) is 0 Å². The molecule has 0 aromatic carbocycles. The lowest BCUT2D eigenvalue weighted by atomic mass is 10.2. The van der Waals surface area contributed by atoms with Crippen LogP contribution in [0.5, 0.6) is 0 Å². The van der Waals surface area contributed by atoms with Gasteiger partial charge in [0.15, 0.2) is 0 Å². The van der Waals surface area contributed by atoms with E-state index >= 15 is 0 Å². The zero-order valence-corrected chi connectivity index (χ0v) is 9.79. The molecule has 0 radical (unpaired) electrons. The van der Waals surface area contributed by atoms with E-state index in [0.717, 1.165) is 0 Å². The number of carboxylic acids is 1. The maximum Gasteiger partial charge on any atom is 0.119 e. The molecule has 0 aliphatic carbocycles. The van der Waals surface area contributed by atoms with E-state index in [1.165, 1.54) is 0 Å². The lowest BCUT2D eigenvalue weighted by Crippen LogP contribution is -2.50. The number of hydrogen-bond donors (Lipinski definition) is 0. The van der Waals surface area contributed by atoms with Gasteiger partial charge in [0.25, 0.3) is 0 Å². The van der Waals surface area contributed by atoms with E-state index in [4.69, 9.17) is 4.74 Å². The first-order chi connectivity index (χ1) is 6.12. The Morgan fingerprint density at radius 3 is 2.21 bits per heavy atom. The van der Waals surface area contributed by atoms with Gasteiger partial charge in [0.2, 0.25) is 0 Å². The van der Waals surface area contributed by atoms with Gasteiger partial charge >= 0.3 is 0 Å². The summed E-state index contributed by atoms with van der Waals surface area (Å²) in [6.45, 7) is 7.19. The molecule has 0 N–H and O–H groups in total. The molecule has 0 atom stereocenters. The highest BCUT2D eigenvalue weighted by atomic mass is 16.5. The van der Waals surface area contributed by atoms with E-state index in [-0.39, 0.29) is 12.1 Å². The summed E-state index contributed by atoms with van der Waals surface area (Å²) in [5.74, 6) is -1.02. The smallest absolute Gasteiger partial charge is 0.119 e. The van der Waals surface area contributed by atoms with Gasteiger partial charge in [0, 0.05) is 0 Å². The monoisotopic (exact) mass is 203 g/mol. The largest absolute Gasteiger partial charge is 0.544 e. The fourth-order valence-corrected chi connectivity index (χ4v) is 1.03. The topological polar surface area (TPSA) is 49.4 Å². The minimum atomic E-state index is -1.02. The van der Waals surface area contributed by atoms with Crippen LogP contribution >= 0.6 is 0 Å². The summed E-state index contributed by atoms with van der Waals surface area (Å²) in [7, 11) is 3.70. The highest BCUT2D eigenvalue weighted by Crippen LogP contribution is 2.07. The molecule has 0 aliphatic heterocycles. The quantitative estimate of drug-likeness (QED) is 0.573. The van der Waals surface area contributed by atoms with Crippen molar-refractivity contribution in [2.75, 3.05) is 33.8 Å². The fourth-order valence-electron chi connectivity index (χ4n) is 1.03. The van der Waals surface area contributed by atoms with Gasteiger partial charge in [0.1, 0.15) is 13.1 Å². The van der Waals surface area contributed by atoms with Crippen molar-refractivity contribution in [2.45, 2.75) is 26.4 Å². The highest BCUT2D eigenvalue weighted by molar-refractivity contribution is 5.65. The van der Waals surface area contributed by atoms with Gasteiger partial charge in [-0.05, 0) is 20.8 Å². The summed E-state index contributed by atoms with van der Waals surface area (Å²) >= 11 is 0. The number of nitrogens with zero attached hydrogens (tertiary/aromatic N) is 1. The van der Waals surface area contributed by atoms with E-state index in [1.807, 2.05) is 34.9 Å². The molecule has 0 unspecified atom stereocenters. The van der Waals surface area contributed by atoms with Crippen LogP contribution in [-0.4, -0.2) is 49.8 Å². The molecule has 0 fully saturated rings. The van der Waals surface area contributed by atoms with E-state index in [9.17, 15) is 9.90 Å². The minimum Gasteiger partial charge on any atom is -0.544 e. The van der Waals surface area contributed by atoms with Crippen LogP contribution in [0.15, 0.2) is 0 Å². The van der Waals surface area contributed by atoms with Crippen molar-refractivity contribution in [3.8, 4) is 0 Å². The molecule has 84 valence electrons. The number of ether oxygens (including phenoxy) is 1. The summed E-state index contributed by atoms with van der Waals surface area (Å²) in [6, 6.07) is 0. The van der Waals surface area contributed by atoms with Gasteiger partial charge in [-0.1, -0.05) is 0 Å². The normalized spacial score (nSPS) is 12.9. The third-order valence-corrected chi connectivity index (χ3v) is 1.79. The molecule has 0 aromatic rings. The lowest BCUT2D eigenvalue weighted by Gasteiger charge is -2.31. The second kappa shape index (κ2) is 4.75. The summed E-state index contributed by atoms with van der Waals surface area (Å²) in [4.78, 5) is 10.4. The van der Waals surface area contributed by atoms with Gasteiger partial charge in [0.05, 0.1) is 32.3 Å². The molecule has 4 nitrogen and oxygen atoms in total. The molecule has 0 spiro atoms. The van der Waals surface area contributed by atoms with Gasteiger partial charge in [-0.15, -0.1) is 0 Å². The van der Waals surface area contributed by atoms with Gasteiger partial charge in [-0.2, -0.15) is 0 Å². The molecule has 0 heterocycles. The third kappa shape index (κ3) is 8.01. The number of carbonyl (C=O) groups is 1. The second-order valence-corrected chi connectivity index (χ2v) is 5.15. The molecule has 0 aromatic heterocycles. The van der Waals surface area contributed by atoms with Crippen LogP contribution in [0.3, 0.4) is 0 Å². The Bertz CT molecular complexity index is 194. The molecule has 0 saturated carbocycles. The van der Waals surface area contributed by atoms with Gasteiger partial charge in [-0.3, -0.25) is 0 Å². The predicted molar refractivity (Wildman–Crippen MR) is 52.6 cm³/mol. The van der Waals surface area contributed by atoms with Crippen LogP contribution < -0.4 is 5.11 Å². The zero-order chi connectivity index (χ0) is 11.4. The van der Waals surface area contributed by atoms with E-state index < -0.39 is 5.97 Å². The van der Waals surface area contributed by atoms with Crippen molar-refractivity contribution in [2.24, 2.45) is 0 Å². The Balaban J connectivity index is 3.82. The Morgan fingerprint density at radius 2 is 1.86 bits per heavy atom. The summed E-state index contributed by atoms with van der Waals surface area (Å²) < 4.78 is 5.91. The molecule has 0 bridgehead atoms. The molecule has 4 heteroatoms. The molecule has 0 saturated heterocycles. The Hall–Kier alpha value is -0.610.